The van der Waals surface area contributed by atoms with Gasteiger partial charge >= 0.3 is 0 Å². The first-order valence-electron chi connectivity index (χ1n) is 6.11. The van der Waals surface area contributed by atoms with Crippen LogP contribution in [0, 0.1) is 5.92 Å². The lowest BCUT2D eigenvalue weighted by molar-refractivity contribution is 0.171. The Balaban J connectivity index is 2.11. The van der Waals surface area contributed by atoms with Gasteiger partial charge in [0.1, 0.15) is 13.2 Å². The molecular weight excluding hydrogens is 250 g/mol. The topological polar surface area (TPSA) is 61.6 Å². The number of nitrogens with two attached hydrogens (primary N) is 1. The van der Waals surface area contributed by atoms with Gasteiger partial charge in [-0.15, -0.1) is 0 Å². The maximum Gasteiger partial charge on any atom is 0.162 e. The molecule has 0 radical (unpaired) electrons. The molecule has 0 saturated carbocycles. The summed E-state index contributed by atoms with van der Waals surface area (Å²) in [5.74, 6) is 2.18. The lowest BCUT2D eigenvalue weighted by atomic mass is 10.1. The minimum Gasteiger partial charge on any atom is -0.486 e. The van der Waals surface area contributed by atoms with Gasteiger partial charge in [-0.3, -0.25) is 4.21 Å². The first-order chi connectivity index (χ1) is 8.58. The van der Waals surface area contributed by atoms with Crippen LogP contribution < -0.4 is 15.2 Å². The minimum atomic E-state index is -1.09. The Morgan fingerprint density at radius 2 is 1.94 bits per heavy atom. The zero-order valence-corrected chi connectivity index (χ0v) is 11.5. The average Bonchev–Trinajstić information content (AvgIpc) is 2.37. The highest BCUT2D eigenvalue weighted by Crippen LogP contribution is 2.31. The van der Waals surface area contributed by atoms with Crippen molar-refractivity contribution in [2.24, 2.45) is 11.7 Å². The van der Waals surface area contributed by atoms with E-state index in [4.69, 9.17) is 15.2 Å². The third-order valence-corrected chi connectivity index (χ3v) is 4.44. The van der Waals surface area contributed by atoms with Crippen LogP contribution in [0.3, 0.4) is 0 Å². The van der Waals surface area contributed by atoms with E-state index < -0.39 is 10.8 Å². The van der Waals surface area contributed by atoms with E-state index in [9.17, 15) is 4.21 Å². The summed E-state index contributed by atoms with van der Waals surface area (Å²) in [5, 5.41) is 0. The molecule has 0 saturated heterocycles. The van der Waals surface area contributed by atoms with Crippen molar-refractivity contribution in [3.8, 4) is 11.5 Å². The molecule has 0 amide bonds. The average molecular weight is 269 g/mol. The molecule has 0 aliphatic carbocycles. The van der Waals surface area contributed by atoms with Crippen molar-refractivity contribution in [1.82, 2.24) is 0 Å². The van der Waals surface area contributed by atoms with Gasteiger partial charge in [0.15, 0.2) is 11.5 Å². The van der Waals surface area contributed by atoms with Crippen molar-refractivity contribution in [2.45, 2.75) is 24.8 Å². The standard InChI is InChI=1S/C13H19NO3S/c1-9(2)11(14)8-18(15)10-3-4-12-13(7-10)17-6-5-16-12/h3-4,7,9,11H,5-6,8,14H2,1-2H3. The SMILES string of the molecule is CC(C)C(N)CS(=O)c1ccc2c(c1)OCCO2. The Hall–Kier alpha value is -1.07. The predicted octanol–water partition coefficient (Wildman–Crippen LogP) is 1.55. The highest BCUT2D eigenvalue weighted by Gasteiger charge is 2.17. The Morgan fingerprint density at radius 1 is 1.28 bits per heavy atom. The molecule has 0 aromatic heterocycles. The zero-order chi connectivity index (χ0) is 13.1. The number of hydrogen-bond donors (Lipinski definition) is 1. The maximum atomic E-state index is 12.2. The molecule has 100 valence electrons. The summed E-state index contributed by atoms with van der Waals surface area (Å²) < 4.78 is 23.1. The van der Waals surface area contributed by atoms with Crippen LogP contribution in [0.15, 0.2) is 23.1 Å². The van der Waals surface area contributed by atoms with Crippen molar-refractivity contribution >= 4 is 10.8 Å². The maximum absolute atomic E-state index is 12.2. The van der Waals surface area contributed by atoms with Gasteiger partial charge in [0.25, 0.3) is 0 Å². The zero-order valence-electron chi connectivity index (χ0n) is 10.7. The molecule has 18 heavy (non-hydrogen) atoms. The number of rotatable bonds is 4. The summed E-state index contributed by atoms with van der Waals surface area (Å²) in [6.07, 6.45) is 0. The Labute approximate surface area is 110 Å². The molecule has 4 nitrogen and oxygen atoms in total. The van der Waals surface area contributed by atoms with E-state index >= 15 is 0 Å². The van der Waals surface area contributed by atoms with Crippen molar-refractivity contribution in [1.29, 1.82) is 0 Å². The fraction of sp³-hybridized carbons (Fsp3) is 0.538. The number of fused-ring (bicyclic) bond motifs is 1. The minimum absolute atomic E-state index is 0.0564. The van der Waals surface area contributed by atoms with Gasteiger partial charge in [-0.1, -0.05) is 13.8 Å². The van der Waals surface area contributed by atoms with E-state index in [-0.39, 0.29) is 6.04 Å². The Kier molecular flexibility index (Phi) is 4.24. The van der Waals surface area contributed by atoms with Crippen molar-refractivity contribution in [3.63, 3.8) is 0 Å². The molecule has 2 rings (SSSR count). The number of hydrogen-bond acceptors (Lipinski definition) is 4. The summed E-state index contributed by atoms with van der Waals surface area (Å²) in [5.41, 5.74) is 5.94. The van der Waals surface area contributed by atoms with Crippen LogP contribution in [-0.2, 0) is 10.8 Å². The molecule has 1 aromatic rings. The van der Waals surface area contributed by atoms with Gasteiger partial charge in [-0.05, 0) is 18.1 Å². The van der Waals surface area contributed by atoms with Gasteiger partial charge in [-0.2, -0.15) is 0 Å². The molecule has 2 unspecified atom stereocenters. The molecule has 0 bridgehead atoms. The molecule has 0 spiro atoms. The quantitative estimate of drug-likeness (QED) is 0.901. The summed E-state index contributed by atoms with van der Waals surface area (Å²) in [4.78, 5) is 0.746. The number of benzene rings is 1. The van der Waals surface area contributed by atoms with Crippen LogP contribution in [0.5, 0.6) is 11.5 Å². The third kappa shape index (κ3) is 3.03. The van der Waals surface area contributed by atoms with Crippen molar-refractivity contribution in [3.05, 3.63) is 18.2 Å². The van der Waals surface area contributed by atoms with E-state index in [0.717, 1.165) is 10.6 Å². The fourth-order valence-electron chi connectivity index (χ4n) is 1.63. The highest BCUT2D eigenvalue weighted by molar-refractivity contribution is 7.85. The molecule has 1 heterocycles. The van der Waals surface area contributed by atoms with Crippen LogP contribution in [0.2, 0.25) is 0 Å². The lowest BCUT2D eigenvalue weighted by Gasteiger charge is -2.19. The van der Waals surface area contributed by atoms with Gasteiger partial charge in [0, 0.05) is 22.8 Å². The van der Waals surface area contributed by atoms with Crippen LogP contribution in [0.4, 0.5) is 0 Å². The van der Waals surface area contributed by atoms with Crippen LogP contribution in [0.1, 0.15) is 13.8 Å². The second-order valence-electron chi connectivity index (χ2n) is 4.73. The highest BCUT2D eigenvalue weighted by atomic mass is 32.2. The van der Waals surface area contributed by atoms with Crippen LogP contribution >= 0.6 is 0 Å². The summed E-state index contributed by atoms with van der Waals surface area (Å²) >= 11 is 0. The molecule has 5 heteroatoms. The molecule has 1 aliphatic rings. The molecule has 1 aromatic carbocycles. The predicted molar refractivity (Wildman–Crippen MR) is 71.5 cm³/mol. The van der Waals surface area contributed by atoms with Crippen LogP contribution in [-0.4, -0.2) is 29.2 Å². The van der Waals surface area contributed by atoms with Crippen LogP contribution in [0.25, 0.3) is 0 Å². The van der Waals surface area contributed by atoms with E-state index in [1.54, 1.807) is 6.07 Å². The molecular formula is C13H19NO3S. The molecule has 0 fully saturated rings. The second kappa shape index (κ2) is 5.71. The second-order valence-corrected chi connectivity index (χ2v) is 6.22. The van der Waals surface area contributed by atoms with Gasteiger partial charge in [0.2, 0.25) is 0 Å². The van der Waals surface area contributed by atoms with E-state index in [1.807, 2.05) is 26.0 Å². The lowest BCUT2D eigenvalue weighted by Crippen LogP contribution is -2.32. The smallest absolute Gasteiger partial charge is 0.162 e. The third-order valence-electron chi connectivity index (χ3n) is 2.98. The van der Waals surface area contributed by atoms with Gasteiger partial charge in [0.05, 0.1) is 10.8 Å². The summed E-state index contributed by atoms with van der Waals surface area (Å²) in [6.45, 7) is 5.17. The van der Waals surface area contributed by atoms with Gasteiger partial charge in [-0.25, -0.2) is 0 Å². The van der Waals surface area contributed by atoms with Crippen molar-refractivity contribution < 1.29 is 13.7 Å². The first kappa shape index (κ1) is 13.4. The molecule has 2 N–H and O–H groups in total. The van der Waals surface area contributed by atoms with E-state index in [1.165, 1.54) is 0 Å². The molecule has 1 aliphatic heterocycles. The Morgan fingerprint density at radius 3 is 2.61 bits per heavy atom. The molecule has 2 atom stereocenters. The summed E-state index contributed by atoms with van der Waals surface area (Å²) in [7, 11) is -1.09. The first-order valence-corrected chi connectivity index (χ1v) is 7.43. The monoisotopic (exact) mass is 269 g/mol. The number of ether oxygens (including phenoxy) is 2. The fourth-order valence-corrected chi connectivity index (χ4v) is 3.01. The Bertz CT molecular complexity index is 448. The van der Waals surface area contributed by atoms with Crippen molar-refractivity contribution in [2.75, 3.05) is 19.0 Å². The summed E-state index contributed by atoms with van der Waals surface area (Å²) in [6, 6.07) is 5.36. The van der Waals surface area contributed by atoms with E-state index in [2.05, 4.69) is 0 Å². The normalized spacial score (nSPS) is 17.6. The van der Waals surface area contributed by atoms with E-state index in [0.29, 0.717) is 30.6 Å². The largest absolute Gasteiger partial charge is 0.486 e. The van der Waals surface area contributed by atoms with Gasteiger partial charge < -0.3 is 15.2 Å².